The van der Waals surface area contributed by atoms with Gasteiger partial charge >= 0.3 is 0 Å². The van der Waals surface area contributed by atoms with Crippen LogP contribution in [0.25, 0.3) is 21.9 Å². The van der Waals surface area contributed by atoms with E-state index >= 15 is 0 Å². The lowest BCUT2D eigenvalue weighted by molar-refractivity contribution is 0.628. The third-order valence-corrected chi connectivity index (χ3v) is 4.07. The Balaban J connectivity index is 2.43. The molecule has 0 radical (unpaired) electrons. The van der Waals surface area contributed by atoms with Crippen molar-refractivity contribution in [2.24, 2.45) is 4.99 Å². The Morgan fingerprint density at radius 3 is 2.77 bits per heavy atom. The zero-order valence-corrected chi connectivity index (χ0v) is 12.8. The molecular formula is C18H14ClFN2. The van der Waals surface area contributed by atoms with Gasteiger partial charge in [-0.1, -0.05) is 23.7 Å². The van der Waals surface area contributed by atoms with Crippen LogP contribution >= 0.6 is 11.6 Å². The van der Waals surface area contributed by atoms with Crippen LogP contribution in [0.15, 0.2) is 53.8 Å². The van der Waals surface area contributed by atoms with Crippen LogP contribution in [0.3, 0.4) is 0 Å². The lowest BCUT2D eigenvalue weighted by Crippen LogP contribution is -1.97. The maximum Gasteiger partial charge on any atom is 0.123 e. The van der Waals surface area contributed by atoms with E-state index in [2.05, 4.69) is 16.7 Å². The van der Waals surface area contributed by atoms with Gasteiger partial charge in [0.05, 0.1) is 6.04 Å². The molecule has 1 atom stereocenters. The second-order valence-electron chi connectivity index (χ2n) is 5.11. The monoisotopic (exact) mass is 312 g/mol. The summed E-state index contributed by atoms with van der Waals surface area (Å²) in [6, 6.07) is 10.1. The van der Waals surface area contributed by atoms with E-state index in [9.17, 15) is 4.39 Å². The van der Waals surface area contributed by atoms with Crippen molar-refractivity contribution in [2.75, 3.05) is 0 Å². The number of nitrogens with zero attached hydrogens (tertiary/aromatic N) is 2. The lowest BCUT2D eigenvalue weighted by atomic mass is 9.91. The summed E-state index contributed by atoms with van der Waals surface area (Å²) in [5, 5.41) is 2.39. The highest BCUT2D eigenvalue weighted by Crippen LogP contribution is 2.39. The van der Waals surface area contributed by atoms with Crippen LogP contribution in [-0.2, 0) is 0 Å². The summed E-state index contributed by atoms with van der Waals surface area (Å²) in [7, 11) is 0. The highest BCUT2D eigenvalue weighted by atomic mass is 35.5. The smallest absolute Gasteiger partial charge is 0.123 e. The van der Waals surface area contributed by atoms with Crippen LogP contribution in [0.1, 0.15) is 18.5 Å². The number of hydrogen-bond donors (Lipinski definition) is 0. The standard InChI is InChI=1S/C18H14ClFN2/c1-11(21-2)15-9-17(19)14-6-7-22-10-16(14)18(15)12-4-3-5-13(20)8-12/h3-11H,2H2,1H3. The highest BCUT2D eigenvalue weighted by molar-refractivity contribution is 6.36. The summed E-state index contributed by atoms with van der Waals surface area (Å²) in [5.41, 5.74) is 2.58. The molecule has 0 saturated carbocycles. The molecule has 0 bridgehead atoms. The van der Waals surface area contributed by atoms with E-state index in [1.807, 2.05) is 25.1 Å². The first-order valence-electron chi connectivity index (χ1n) is 6.89. The fourth-order valence-electron chi connectivity index (χ4n) is 2.64. The Kier molecular flexibility index (Phi) is 3.90. The topological polar surface area (TPSA) is 25.2 Å². The van der Waals surface area contributed by atoms with Crippen molar-refractivity contribution >= 4 is 29.1 Å². The first-order valence-corrected chi connectivity index (χ1v) is 7.27. The van der Waals surface area contributed by atoms with Gasteiger partial charge in [0.25, 0.3) is 0 Å². The van der Waals surface area contributed by atoms with Crippen molar-refractivity contribution in [1.29, 1.82) is 0 Å². The molecule has 2 nitrogen and oxygen atoms in total. The zero-order chi connectivity index (χ0) is 15.7. The average Bonchev–Trinajstić information content (AvgIpc) is 2.54. The largest absolute Gasteiger partial charge is 0.293 e. The van der Waals surface area contributed by atoms with Crippen molar-refractivity contribution in [2.45, 2.75) is 13.0 Å². The van der Waals surface area contributed by atoms with Gasteiger partial charge in [0.15, 0.2) is 0 Å². The second-order valence-corrected chi connectivity index (χ2v) is 5.52. The molecule has 0 saturated heterocycles. The van der Waals surface area contributed by atoms with E-state index in [1.165, 1.54) is 12.1 Å². The summed E-state index contributed by atoms with van der Waals surface area (Å²) < 4.78 is 13.7. The minimum absolute atomic E-state index is 0.152. The van der Waals surface area contributed by atoms with Crippen molar-refractivity contribution in [3.8, 4) is 11.1 Å². The molecule has 110 valence electrons. The van der Waals surface area contributed by atoms with Crippen molar-refractivity contribution in [3.63, 3.8) is 0 Å². The first kappa shape index (κ1) is 14.7. The van der Waals surface area contributed by atoms with Crippen LogP contribution in [-0.4, -0.2) is 11.7 Å². The van der Waals surface area contributed by atoms with Gasteiger partial charge in [-0.05, 0) is 54.6 Å². The summed E-state index contributed by atoms with van der Waals surface area (Å²) in [6.07, 6.45) is 3.44. The van der Waals surface area contributed by atoms with Crippen molar-refractivity contribution < 1.29 is 4.39 Å². The van der Waals surface area contributed by atoms with Crippen molar-refractivity contribution in [1.82, 2.24) is 4.98 Å². The SMILES string of the molecule is C=NC(C)c1cc(Cl)c2ccncc2c1-c1cccc(F)c1. The van der Waals surface area contributed by atoms with Crippen LogP contribution < -0.4 is 0 Å². The van der Waals surface area contributed by atoms with E-state index < -0.39 is 0 Å². The Hall–Kier alpha value is -2.26. The molecule has 3 rings (SSSR count). The van der Waals surface area contributed by atoms with E-state index in [1.54, 1.807) is 18.5 Å². The molecule has 1 heterocycles. The molecular weight excluding hydrogens is 299 g/mol. The predicted octanol–water partition coefficient (Wildman–Crippen LogP) is 5.46. The third kappa shape index (κ3) is 2.48. The van der Waals surface area contributed by atoms with Gasteiger partial charge in [0.1, 0.15) is 5.82 Å². The Labute approximate surface area is 133 Å². The fourth-order valence-corrected chi connectivity index (χ4v) is 2.92. The summed E-state index contributed by atoms with van der Waals surface area (Å²) >= 11 is 6.39. The van der Waals surface area contributed by atoms with E-state index in [4.69, 9.17) is 11.6 Å². The molecule has 0 amide bonds. The van der Waals surface area contributed by atoms with E-state index in [0.717, 1.165) is 27.5 Å². The number of halogens is 2. The maximum atomic E-state index is 13.7. The second kappa shape index (κ2) is 5.85. The molecule has 2 aromatic carbocycles. The van der Waals surface area contributed by atoms with Crippen molar-refractivity contribution in [3.05, 3.63) is 65.2 Å². The Morgan fingerprint density at radius 2 is 2.05 bits per heavy atom. The molecule has 0 aliphatic carbocycles. The minimum Gasteiger partial charge on any atom is -0.293 e. The number of rotatable bonds is 3. The molecule has 0 spiro atoms. The number of benzene rings is 2. The summed E-state index contributed by atoms with van der Waals surface area (Å²) in [4.78, 5) is 8.28. The highest BCUT2D eigenvalue weighted by Gasteiger charge is 2.17. The predicted molar refractivity (Wildman–Crippen MR) is 90.1 cm³/mol. The molecule has 1 unspecified atom stereocenters. The molecule has 0 aliphatic rings. The number of fused-ring (bicyclic) bond motifs is 1. The number of aromatic nitrogens is 1. The number of hydrogen-bond acceptors (Lipinski definition) is 2. The number of aliphatic imine (C=N–C) groups is 1. The van der Waals surface area contributed by atoms with Gasteiger partial charge in [0, 0.05) is 28.2 Å². The van der Waals surface area contributed by atoms with Crippen LogP contribution in [0.4, 0.5) is 4.39 Å². The quantitative estimate of drug-likeness (QED) is 0.590. The molecule has 0 fully saturated rings. The van der Waals surface area contributed by atoms with Gasteiger partial charge in [-0.15, -0.1) is 0 Å². The summed E-state index contributed by atoms with van der Waals surface area (Å²) in [6.45, 7) is 5.55. The molecule has 0 N–H and O–H groups in total. The fraction of sp³-hybridized carbons (Fsp3) is 0.111. The Bertz CT molecular complexity index is 861. The van der Waals surface area contributed by atoms with E-state index in [0.29, 0.717) is 5.02 Å². The van der Waals surface area contributed by atoms with Gasteiger partial charge in [0.2, 0.25) is 0 Å². The molecule has 3 aromatic rings. The molecule has 4 heteroatoms. The van der Waals surface area contributed by atoms with E-state index in [-0.39, 0.29) is 11.9 Å². The first-order chi connectivity index (χ1) is 10.6. The van der Waals surface area contributed by atoms with Gasteiger partial charge in [-0.3, -0.25) is 9.98 Å². The molecule has 22 heavy (non-hydrogen) atoms. The summed E-state index contributed by atoms with van der Waals surface area (Å²) in [5.74, 6) is -0.283. The molecule has 1 aromatic heterocycles. The average molecular weight is 313 g/mol. The lowest BCUT2D eigenvalue weighted by Gasteiger charge is -2.17. The van der Waals surface area contributed by atoms with Gasteiger partial charge in [-0.2, -0.15) is 0 Å². The maximum absolute atomic E-state index is 13.7. The van der Waals surface area contributed by atoms with Crippen LogP contribution in [0.5, 0.6) is 0 Å². The van der Waals surface area contributed by atoms with Crippen LogP contribution in [0, 0.1) is 5.82 Å². The zero-order valence-electron chi connectivity index (χ0n) is 12.1. The number of pyridine rings is 1. The minimum atomic E-state index is -0.283. The normalized spacial score (nSPS) is 12.3. The third-order valence-electron chi connectivity index (χ3n) is 3.76. The Morgan fingerprint density at radius 1 is 1.23 bits per heavy atom. The van der Waals surface area contributed by atoms with Gasteiger partial charge < -0.3 is 0 Å². The van der Waals surface area contributed by atoms with Crippen LogP contribution in [0.2, 0.25) is 5.02 Å². The van der Waals surface area contributed by atoms with Gasteiger partial charge in [-0.25, -0.2) is 4.39 Å². The molecule has 0 aliphatic heterocycles.